The molecule has 0 amide bonds. The minimum atomic E-state index is -4.67. The highest BCUT2D eigenvalue weighted by Crippen LogP contribution is 2.18. The monoisotopic (exact) mass is 290 g/mol. The standard InChI is InChI=1S/C10H16N4.H2O4S/c11-7-9-3-1-6-14(8-9)10-12-4-2-5-13-10;1-5(2,3)4/h2,4-5,9H,1,3,6-8,11H2;(H2,1,2,3,4). The summed E-state index contributed by atoms with van der Waals surface area (Å²) in [6.07, 6.45) is 6.00. The topological polar surface area (TPSA) is 130 Å². The fourth-order valence-corrected chi connectivity index (χ4v) is 1.89. The van der Waals surface area contributed by atoms with Crippen molar-refractivity contribution >= 4 is 16.3 Å². The molecule has 1 atom stereocenters. The zero-order chi connectivity index (χ0) is 14.3. The highest BCUT2D eigenvalue weighted by atomic mass is 32.3. The van der Waals surface area contributed by atoms with Crippen molar-refractivity contribution in [3.63, 3.8) is 0 Å². The fraction of sp³-hybridized carbons (Fsp3) is 0.600. The van der Waals surface area contributed by atoms with Crippen LogP contribution in [0.5, 0.6) is 0 Å². The number of hydrogen-bond acceptors (Lipinski definition) is 6. The van der Waals surface area contributed by atoms with E-state index >= 15 is 0 Å². The van der Waals surface area contributed by atoms with Gasteiger partial charge in [0.05, 0.1) is 0 Å². The van der Waals surface area contributed by atoms with Gasteiger partial charge >= 0.3 is 10.4 Å². The van der Waals surface area contributed by atoms with Crippen LogP contribution in [0.25, 0.3) is 0 Å². The maximum Gasteiger partial charge on any atom is 0.394 e. The third-order valence-corrected chi connectivity index (χ3v) is 2.69. The van der Waals surface area contributed by atoms with Crippen molar-refractivity contribution in [3.8, 4) is 0 Å². The summed E-state index contributed by atoms with van der Waals surface area (Å²) in [5, 5.41) is 0. The molecule has 1 unspecified atom stereocenters. The fourth-order valence-electron chi connectivity index (χ4n) is 1.89. The third kappa shape index (κ3) is 7.01. The van der Waals surface area contributed by atoms with Gasteiger partial charge in [-0.3, -0.25) is 9.11 Å². The SMILES string of the molecule is NCC1CCCN(c2ncccn2)C1.O=S(=O)(O)O. The molecule has 1 aliphatic heterocycles. The van der Waals surface area contributed by atoms with Crippen LogP contribution in [-0.4, -0.2) is 47.1 Å². The van der Waals surface area contributed by atoms with E-state index in [1.807, 2.05) is 6.07 Å². The van der Waals surface area contributed by atoms with Crippen LogP contribution in [0.4, 0.5) is 5.95 Å². The Morgan fingerprint density at radius 1 is 1.37 bits per heavy atom. The molecule has 1 fully saturated rings. The molecule has 0 bridgehead atoms. The van der Waals surface area contributed by atoms with Crippen molar-refractivity contribution in [1.29, 1.82) is 0 Å². The third-order valence-electron chi connectivity index (χ3n) is 2.69. The number of rotatable bonds is 2. The zero-order valence-electron chi connectivity index (χ0n) is 10.4. The molecule has 1 aliphatic rings. The molecule has 0 spiro atoms. The second kappa shape index (κ2) is 7.34. The Morgan fingerprint density at radius 2 is 1.95 bits per heavy atom. The van der Waals surface area contributed by atoms with Crippen LogP contribution in [0.15, 0.2) is 18.5 Å². The van der Waals surface area contributed by atoms with E-state index in [0.29, 0.717) is 5.92 Å². The average molecular weight is 290 g/mol. The lowest BCUT2D eigenvalue weighted by Crippen LogP contribution is -2.39. The van der Waals surface area contributed by atoms with Gasteiger partial charge in [-0.05, 0) is 31.4 Å². The number of nitrogens with two attached hydrogens (primary N) is 1. The molecular formula is C10H18N4O4S. The van der Waals surface area contributed by atoms with E-state index in [0.717, 1.165) is 25.6 Å². The van der Waals surface area contributed by atoms with Crippen molar-refractivity contribution in [1.82, 2.24) is 9.97 Å². The van der Waals surface area contributed by atoms with Crippen LogP contribution in [0.2, 0.25) is 0 Å². The average Bonchev–Trinajstić information content (AvgIpc) is 2.38. The van der Waals surface area contributed by atoms with Gasteiger partial charge in [-0.25, -0.2) is 9.97 Å². The summed E-state index contributed by atoms with van der Waals surface area (Å²) in [5.41, 5.74) is 5.68. The van der Waals surface area contributed by atoms with E-state index in [9.17, 15) is 0 Å². The Morgan fingerprint density at radius 3 is 2.47 bits per heavy atom. The van der Waals surface area contributed by atoms with Crippen LogP contribution in [0.3, 0.4) is 0 Å². The van der Waals surface area contributed by atoms with Gasteiger partial charge in [-0.1, -0.05) is 0 Å². The van der Waals surface area contributed by atoms with E-state index in [-0.39, 0.29) is 0 Å². The van der Waals surface area contributed by atoms with Gasteiger partial charge in [0.15, 0.2) is 0 Å². The first-order chi connectivity index (χ1) is 8.90. The van der Waals surface area contributed by atoms with Crippen molar-refractivity contribution in [2.45, 2.75) is 12.8 Å². The molecule has 108 valence electrons. The molecule has 0 radical (unpaired) electrons. The normalized spacial score (nSPS) is 19.5. The number of hydrogen-bond donors (Lipinski definition) is 3. The lowest BCUT2D eigenvalue weighted by atomic mass is 9.99. The predicted molar refractivity (Wildman–Crippen MR) is 70.2 cm³/mol. The first-order valence-electron chi connectivity index (χ1n) is 5.82. The molecule has 0 aliphatic carbocycles. The summed E-state index contributed by atoms with van der Waals surface area (Å²) in [7, 11) is -4.67. The van der Waals surface area contributed by atoms with Crippen LogP contribution in [0, 0.1) is 5.92 Å². The Balaban J connectivity index is 0.000000312. The van der Waals surface area contributed by atoms with Crippen molar-refractivity contribution in [3.05, 3.63) is 18.5 Å². The summed E-state index contributed by atoms with van der Waals surface area (Å²) in [5.74, 6) is 1.44. The molecule has 2 heterocycles. The summed E-state index contributed by atoms with van der Waals surface area (Å²) in [6.45, 7) is 2.82. The second-order valence-corrected chi connectivity index (χ2v) is 5.08. The molecular weight excluding hydrogens is 272 g/mol. The molecule has 19 heavy (non-hydrogen) atoms. The molecule has 0 aromatic carbocycles. The Hall–Kier alpha value is -1.29. The van der Waals surface area contributed by atoms with Gasteiger partial charge in [-0.2, -0.15) is 8.42 Å². The van der Waals surface area contributed by atoms with Crippen molar-refractivity contribution < 1.29 is 17.5 Å². The van der Waals surface area contributed by atoms with Gasteiger partial charge in [0, 0.05) is 25.5 Å². The lowest BCUT2D eigenvalue weighted by molar-refractivity contribution is 0.381. The number of anilines is 1. The Labute approximate surface area is 112 Å². The van der Waals surface area contributed by atoms with E-state index in [1.165, 1.54) is 12.8 Å². The van der Waals surface area contributed by atoms with E-state index < -0.39 is 10.4 Å². The highest BCUT2D eigenvalue weighted by molar-refractivity contribution is 7.79. The number of piperidine rings is 1. The van der Waals surface area contributed by atoms with Gasteiger partial charge < -0.3 is 10.6 Å². The van der Waals surface area contributed by atoms with Crippen LogP contribution < -0.4 is 10.6 Å². The minimum Gasteiger partial charge on any atom is -0.341 e. The summed E-state index contributed by atoms with van der Waals surface area (Å²) < 4.78 is 31.6. The van der Waals surface area contributed by atoms with Gasteiger partial charge in [0.25, 0.3) is 0 Å². The summed E-state index contributed by atoms with van der Waals surface area (Å²) in [4.78, 5) is 10.7. The van der Waals surface area contributed by atoms with Crippen LogP contribution in [0.1, 0.15) is 12.8 Å². The molecule has 2 rings (SSSR count). The maximum absolute atomic E-state index is 8.74. The first kappa shape index (κ1) is 15.8. The minimum absolute atomic E-state index is 0.604. The molecule has 9 heteroatoms. The van der Waals surface area contributed by atoms with E-state index in [1.54, 1.807) is 12.4 Å². The highest BCUT2D eigenvalue weighted by Gasteiger charge is 2.19. The van der Waals surface area contributed by atoms with Gasteiger partial charge in [0.2, 0.25) is 5.95 Å². The van der Waals surface area contributed by atoms with Gasteiger partial charge in [-0.15, -0.1) is 0 Å². The second-order valence-electron chi connectivity index (χ2n) is 4.19. The number of nitrogens with zero attached hydrogens (tertiary/aromatic N) is 3. The van der Waals surface area contributed by atoms with Crippen LogP contribution in [-0.2, 0) is 10.4 Å². The zero-order valence-corrected chi connectivity index (χ0v) is 11.2. The smallest absolute Gasteiger partial charge is 0.341 e. The van der Waals surface area contributed by atoms with E-state index in [2.05, 4.69) is 14.9 Å². The van der Waals surface area contributed by atoms with Crippen molar-refractivity contribution in [2.75, 3.05) is 24.5 Å². The maximum atomic E-state index is 8.74. The van der Waals surface area contributed by atoms with Crippen LogP contribution >= 0.6 is 0 Å². The van der Waals surface area contributed by atoms with Gasteiger partial charge in [0.1, 0.15) is 0 Å². The van der Waals surface area contributed by atoms with Crippen molar-refractivity contribution in [2.24, 2.45) is 11.7 Å². The molecule has 1 aromatic rings. The lowest BCUT2D eigenvalue weighted by Gasteiger charge is -2.31. The first-order valence-corrected chi connectivity index (χ1v) is 7.21. The molecule has 4 N–H and O–H groups in total. The predicted octanol–water partition coefficient (Wildman–Crippen LogP) is -0.00110. The molecule has 8 nitrogen and oxygen atoms in total. The Bertz CT molecular complexity index is 460. The molecule has 1 aromatic heterocycles. The largest absolute Gasteiger partial charge is 0.394 e. The summed E-state index contributed by atoms with van der Waals surface area (Å²) >= 11 is 0. The number of aromatic nitrogens is 2. The molecule has 1 saturated heterocycles. The summed E-state index contributed by atoms with van der Waals surface area (Å²) in [6, 6.07) is 1.84. The Kier molecular flexibility index (Phi) is 6.09. The quantitative estimate of drug-likeness (QED) is 0.649. The molecule has 0 saturated carbocycles. The van der Waals surface area contributed by atoms with E-state index in [4.69, 9.17) is 23.3 Å².